The van der Waals surface area contributed by atoms with Crippen LogP contribution in [0.15, 0.2) is 24.3 Å². The molecule has 1 N–H and O–H groups in total. The highest BCUT2D eigenvalue weighted by Crippen LogP contribution is 2.36. The van der Waals surface area contributed by atoms with Crippen molar-refractivity contribution in [3.8, 4) is 17.0 Å². The number of benzene rings is 1. The Bertz CT molecular complexity index is 606. The van der Waals surface area contributed by atoms with E-state index in [0.29, 0.717) is 5.75 Å². The van der Waals surface area contributed by atoms with E-state index in [1.165, 1.54) is 5.56 Å². The molecule has 3 nitrogen and oxygen atoms in total. The Kier molecular flexibility index (Phi) is 3.89. The van der Waals surface area contributed by atoms with E-state index < -0.39 is 0 Å². The van der Waals surface area contributed by atoms with E-state index in [4.69, 9.17) is 0 Å². The Morgan fingerprint density at radius 1 is 1.25 bits per heavy atom. The minimum atomic E-state index is -0.164. The molecule has 0 saturated heterocycles. The molecule has 0 radical (unpaired) electrons. The maximum atomic E-state index is 10.6. The van der Waals surface area contributed by atoms with Crippen LogP contribution in [0, 0.1) is 6.92 Å². The lowest BCUT2D eigenvalue weighted by Gasteiger charge is -2.22. The third kappa shape index (κ3) is 2.72. The highest BCUT2D eigenvalue weighted by molar-refractivity contribution is 5.68. The second kappa shape index (κ2) is 5.31. The SMILES string of the molecule is CCCc1nn(C(C)(C)C)c(-c2cccc(C)c2)c1O. The molecule has 2 aromatic rings. The van der Waals surface area contributed by atoms with Crippen molar-refractivity contribution in [1.29, 1.82) is 0 Å². The Balaban J connectivity index is 2.66. The van der Waals surface area contributed by atoms with Crippen molar-refractivity contribution in [3.63, 3.8) is 0 Å². The van der Waals surface area contributed by atoms with E-state index in [1.54, 1.807) is 0 Å². The summed E-state index contributed by atoms with van der Waals surface area (Å²) in [5, 5.41) is 15.2. The summed E-state index contributed by atoms with van der Waals surface area (Å²) in [6.45, 7) is 10.5. The highest BCUT2D eigenvalue weighted by Gasteiger charge is 2.25. The van der Waals surface area contributed by atoms with Gasteiger partial charge in [-0.2, -0.15) is 5.10 Å². The van der Waals surface area contributed by atoms with Gasteiger partial charge >= 0.3 is 0 Å². The first-order chi connectivity index (χ1) is 9.34. The zero-order valence-electron chi connectivity index (χ0n) is 13.1. The average molecular weight is 272 g/mol. The second-order valence-electron chi connectivity index (χ2n) is 6.35. The summed E-state index contributed by atoms with van der Waals surface area (Å²) < 4.78 is 1.95. The highest BCUT2D eigenvalue weighted by atomic mass is 16.3. The predicted octanol–water partition coefficient (Wildman–Crippen LogP) is 4.27. The fourth-order valence-electron chi connectivity index (χ4n) is 2.40. The Hall–Kier alpha value is -1.77. The zero-order valence-corrected chi connectivity index (χ0v) is 13.1. The smallest absolute Gasteiger partial charge is 0.164 e. The number of hydrogen-bond donors (Lipinski definition) is 1. The van der Waals surface area contributed by atoms with Crippen molar-refractivity contribution in [3.05, 3.63) is 35.5 Å². The molecule has 0 bridgehead atoms. The molecule has 0 saturated carbocycles. The van der Waals surface area contributed by atoms with Crippen LogP contribution in [0.4, 0.5) is 0 Å². The maximum Gasteiger partial charge on any atom is 0.164 e. The number of rotatable bonds is 3. The summed E-state index contributed by atoms with van der Waals surface area (Å²) in [6.07, 6.45) is 1.77. The van der Waals surface area contributed by atoms with Crippen LogP contribution < -0.4 is 0 Å². The van der Waals surface area contributed by atoms with E-state index in [-0.39, 0.29) is 5.54 Å². The van der Waals surface area contributed by atoms with Gasteiger partial charge in [0.25, 0.3) is 0 Å². The minimum Gasteiger partial charge on any atom is -0.504 e. The average Bonchev–Trinajstić information content (AvgIpc) is 2.67. The zero-order chi connectivity index (χ0) is 14.9. The number of aromatic hydroxyl groups is 1. The largest absolute Gasteiger partial charge is 0.504 e. The quantitative estimate of drug-likeness (QED) is 0.906. The van der Waals surface area contributed by atoms with Gasteiger partial charge in [0, 0.05) is 5.56 Å². The van der Waals surface area contributed by atoms with Crippen LogP contribution in [0.25, 0.3) is 11.3 Å². The summed E-state index contributed by atoms with van der Waals surface area (Å²) in [6, 6.07) is 8.20. The lowest BCUT2D eigenvalue weighted by molar-refractivity contribution is 0.356. The molecule has 0 aliphatic heterocycles. The summed E-state index contributed by atoms with van der Waals surface area (Å²) in [5.41, 5.74) is 3.65. The Labute approximate surface area is 121 Å². The third-order valence-electron chi connectivity index (χ3n) is 3.34. The van der Waals surface area contributed by atoms with E-state index in [1.807, 2.05) is 16.8 Å². The molecule has 0 amide bonds. The molecule has 0 aliphatic rings. The maximum absolute atomic E-state index is 10.6. The van der Waals surface area contributed by atoms with Crippen LogP contribution >= 0.6 is 0 Å². The van der Waals surface area contributed by atoms with E-state index >= 15 is 0 Å². The molecule has 20 heavy (non-hydrogen) atoms. The molecule has 1 heterocycles. The molecule has 0 spiro atoms. The monoisotopic (exact) mass is 272 g/mol. The van der Waals surface area contributed by atoms with Gasteiger partial charge in [0.05, 0.1) is 5.54 Å². The van der Waals surface area contributed by atoms with Crippen molar-refractivity contribution in [2.75, 3.05) is 0 Å². The molecule has 0 atom stereocenters. The van der Waals surface area contributed by atoms with Gasteiger partial charge in [-0.05, 0) is 40.2 Å². The van der Waals surface area contributed by atoms with Crippen LogP contribution in [0.5, 0.6) is 5.75 Å². The van der Waals surface area contributed by atoms with Gasteiger partial charge in [0.1, 0.15) is 11.4 Å². The van der Waals surface area contributed by atoms with Crippen LogP contribution in [-0.4, -0.2) is 14.9 Å². The third-order valence-corrected chi connectivity index (χ3v) is 3.34. The molecular formula is C17H24N2O. The Morgan fingerprint density at radius 3 is 2.50 bits per heavy atom. The topological polar surface area (TPSA) is 38.0 Å². The van der Waals surface area contributed by atoms with Crippen molar-refractivity contribution < 1.29 is 5.11 Å². The fraction of sp³-hybridized carbons (Fsp3) is 0.471. The molecule has 108 valence electrons. The van der Waals surface area contributed by atoms with Crippen LogP contribution in [0.3, 0.4) is 0 Å². The van der Waals surface area contributed by atoms with Gasteiger partial charge in [-0.15, -0.1) is 0 Å². The first kappa shape index (κ1) is 14.6. The molecule has 1 aromatic carbocycles. The van der Waals surface area contributed by atoms with E-state index in [0.717, 1.165) is 29.8 Å². The van der Waals surface area contributed by atoms with Gasteiger partial charge in [0.2, 0.25) is 0 Å². The first-order valence-electron chi connectivity index (χ1n) is 7.23. The molecular weight excluding hydrogens is 248 g/mol. The van der Waals surface area contributed by atoms with Crippen molar-refractivity contribution in [1.82, 2.24) is 9.78 Å². The summed E-state index contributed by atoms with van der Waals surface area (Å²) in [7, 11) is 0. The fourth-order valence-corrected chi connectivity index (χ4v) is 2.40. The predicted molar refractivity (Wildman–Crippen MR) is 83.1 cm³/mol. The lowest BCUT2D eigenvalue weighted by Crippen LogP contribution is -2.24. The van der Waals surface area contributed by atoms with Gasteiger partial charge in [-0.1, -0.05) is 37.1 Å². The molecule has 0 unspecified atom stereocenters. The number of hydrogen-bond acceptors (Lipinski definition) is 2. The molecule has 3 heteroatoms. The summed E-state index contributed by atoms with van der Waals surface area (Å²) >= 11 is 0. The number of nitrogens with zero attached hydrogens (tertiary/aromatic N) is 2. The van der Waals surface area contributed by atoms with Crippen molar-refractivity contribution >= 4 is 0 Å². The number of aryl methyl sites for hydroxylation is 2. The van der Waals surface area contributed by atoms with Gasteiger partial charge in [-0.3, -0.25) is 4.68 Å². The van der Waals surface area contributed by atoms with Gasteiger partial charge < -0.3 is 5.11 Å². The van der Waals surface area contributed by atoms with Gasteiger partial charge in [0.15, 0.2) is 5.75 Å². The van der Waals surface area contributed by atoms with Gasteiger partial charge in [-0.25, -0.2) is 0 Å². The lowest BCUT2D eigenvalue weighted by atomic mass is 10.0. The van der Waals surface area contributed by atoms with Crippen LogP contribution in [0.2, 0.25) is 0 Å². The number of aromatic nitrogens is 2. The first-order valence-corrected chi connectivity index (χ1v) is 7.23. The standard InChI is InChI=1S/C17H24N2O/c1-6-8-14-16(20)15(19(18-14)17(3,4)5)13-10-7-9-12(2)11-13/h7,9-11,20H,6,8H2,1-5H3. The minimum absolute atomic E-state index is 0.164. The van der Waals surface area contributed by atoms with Crippen molar-refractivity contribution in [2.24, 2.45) is 0 Å². The van der Waals surface area contributed by atoms with Crippen LogP contribution in [-0.2, 0) is 12.0 Å². The van der Waals surface area contributed by atoms with E-state index in [2.05, 4.69) is 51.9 Å². The van der Waals surface area contributed by atoms with Crippen LogP contribution in [0.1, 0.15) is 45.4 Å². The Morgan fingerprint density at radius 2 is 1.95 bits per heavy atom. The van der Waals surface area contributed by atoms with Crippen molar-refractivity contribution in [2.45, 2.75) is 53.0 Å². The normalized spacial score (nSPS) is 11.8. The molecule has 0 fully saturated rings. The summed E-state index contributed by atoms with van der Waals surface area (Å²) in [4.78, 5) is 0. The van der Waals surface area contributed by atoms with E-state index in [9.17, 15) is 5.11 Å². The second-order valence-corrected chi connectivity index (χ2v) is 6.35. The molecule has 1 aromatic heterocycles. The summed E-state index contributed by atoms with van der Waals surface area (Å²) in [5.74, 6) is 0.326. The molecule has 2 rings (SSSR count). The molecule has 0 aliphatic carbocycles.